The van der Waals surface area contributed by atoms with Crippen molar-refractivity contribution in [3.05, 3.63) is 42.2 Å². The number of carbonyl (C=O) groups excluding carboxylic acids is 1. The normalized spacial score (nSPS) is 13.3. The van der Waals surface area contributed by atoms with Crippen molar-refractivity contribution < 1.29 is 13.9 Å². The van der Waals surface area contributed by atoms with E-state index in [-0.39, 0.29) is 24.0 Å². The molecule has 0 spiro atoms. The van der Waals surface area contributed by atoms with Crippen LogP contribution >= 0.6 is 0 Å². The van der Waals surface area contributed by atoms with Gasteiger partial charge in [0.2, 0.25) is 0 Å². The average Bonchev–Trinajstić information content (AvgIpc) is 3.33. The average molecular weight is 406 g/mol. The standard InChI is InChI=1S/C21H19FN6O2/c1-4-30-21(29)11(2)12(3)28-10-17(22)16-9-26-19(27-20(16)28)15-8-25-18-14(15)5-13(6-23)7-24-18/h5,7-12H,4H2,1-3H3,(H,24,25)/t11-,12-/m1/s1. The summed E-state index contributed by atoms with van der Waals surface area (Å²) in [5.74, 6) is -0.949. The fourth-order valence-electron chi connectivity index (χ4n) is 3.39. The molecule has 1 N–H and O–H groups in total. The Hall–Kier alpha value is -3.80. The number of rotatable bonds is 5. The smallest absolute Gasteiger partial charge is 0.310 e. The number of ether oxygens (including phenoxy) is 1. The number of nitrogens with zero attached hydrogens (tertiary/aromatic N) is 5. The molecule has 4 rings (SSSR count). The zero-order chi connectivity index (χ0) is 21.4. The van der Waals surface area contributed by atoms with Crippen LogP contribution in [-0.2, 0) is 9.53 Å². The third-order valence-corrected chi connectivity index (χ3v) is 5.24. The lowest BCUT2D eigenvalue weighted by molar-refractivity contribution is -0.148. The summed E-state index contributed by atoms with van der Waals surface area (Å²) in [6.07, 6.45) is 5.93. The Balaban J connectivity index is 1.83. The van der Waals surface area contributed by atoms with E-state index in [1.54, 1.807) is 30.7 Å². The minimum Gasteiger partial charge on any atom is -0.466 e. The van der Waals surface area contributed by atoms with E-state index in [0.29, 0.717) is 33.6 Å². The third kappa shape index (κ3) is 3.16. The van der Waals surface area contributed by atoms with Crippen LogP contribution in [-0.4, -0.2) is 37.1 Å². The number of hydrogen-bond acceptors (Lipinski definition) is 6. The van der Waals surface area contributed by atoms with Gasteiger partial charge in [-0.05, 0) is 26.8 Å². The zero-order valence-corrected chi connectivity index (χ0v) is 16.7. The molecule has 0 amide bonds. The van der Waals surface area contributed by atoms with Crippen molar-refractivity contribution in [3.63, 3.8) is 0 Å². The van der Waals surface area contributed by atoms with Gasteiger partial charge >= 0.3 is 5.97 Å². The lowest BCUT2D eigenvalue weighted by atomic mass is 10.0. The Morgan fingerprint density at radius 1 is 1.33 bits per heavy atom. The summed E-state index contributed by atoms with van der Waals surface area (Å²) in [4.78, 5) is 28.3. The van der Waals surface area contributed by atoms with E-state index in [1.165, 1.54) is 18.6 Å². The van der Waals surface area contributed by atoms with E-state index in [1.807, 2.05) is 6.92 Å². The van der Waals surface area contributed by atoms with Gasteiger partial charge in [-0.2, -0.15) is 5.26 Å². The SMILES string of the molecule is CCOC(=O)[C@H](C)[C@@H](C)n1cc(F)c2cnc(-c3c[nH]c4ncc(C#N)cc34)nc21. The Morgan fingerprint density at radius 3 is 2.87 bits per heavy atom. The lowest BCUT2D eigenvalue weighted by Crippen LogP contribution is -2.24. The topological polar surface area (TPSA) is 109 Å². The van der Waals surface area contributed by atoms with Crippen LogP contribution in [0.4, 0.5) is 4.39 Å². The van der Waals surface area contributed by atoms with Gasteiger partial charge in [0.05, 0.1) is 23.5 Å². The number of esters is 1. The minimum absolute atomic E-state index is 0.261. The summed E-state index contributed by atoms with van der Waals surface area (Å²) in [5.41, 5.74) is 2.03. The fraction of sp³-hybridized carbons (Fsp3) is 0.286. The maximum absolute atomic E-state index is 14.5. The van der Waals surface area contributed by atoms with Crippen LogP contribution < -0.4 is 0 Å². The molecule has 9 heteroatoms. The number of carbonyl (C=O) groups is 1. The predicted molar refractivity (Wildman–Crippen MR) is 108 cm³/mol. The van der Waals surface area contributed by atoms with Gasteiger partial charge < -0.3 is 14.3 Å². The number of nitriles is 1. The molecule has 152 valence electrons. The summed E-state index contributed by atoms with van der Waals surface area (Å²) >= 11 is 0. The number of aromatic amines is 1. The van der Waals surface area contributed by atoms with Crippen LogP contribution in [0, 0.1) is 23.1 Å². The second-order valence-corrected chi connectivity index (χ2v) is 7.03. The second-order valence-electron chi connectivity index (χ2n) is 7.03. The molecule has 4 heterocycles. The van der Waals surface area contributed by atoms with Gasteiger partial charge in [-0.1, -0.05) is 0 Å². The molecule has 4 aromatic rings. The molecule has 0 radical (unpaired) electrons. The van der Waals surface area contributed by atoms with E-state index < -0.39 is 11.7 Å². The second kappa shape index (κ2) is 7.55. The lowest BCUT2D eigenvalue weighted by Gasteiger charge is -2.20. The van der Waals surface area contributed by atoms with Gasteiger partial charge in [-0.15, -0.1) is 0 Å². The Kier molecular flexibility index (Phi) is 4.91. The van der Waals surface area contributed by atoms with Crippen LogP contribution in [0.5, 0.6) is 0 Å². The molecule has 8 nitrogen and oxygen atoms in total. The molecule has 2 atom stereocenters. The summed E-state index contributed by atoms with van der Waals surface area (Å²) in [6, 6.07) is 3.38. The van der Waals surface area contributed by atoms with E-state index in [2.05, 4.69) is 26.0 Å². The van der Waals surface area contributed by atoms with Crippen LogP contribution in [0.1, 0.15) is 32.4 Å². The van der Waals surface area contributed by atoms with Crippen molar-refractivity contribution in [2.75, 3.05) is 6.61 Å². The number of hydrogen-bond donors (Lipinski definition) is 1. The molecular weight excluding hydrogens is 387 g/mol. The quantitative estimate of drug-likeness (QED) is 0.506. The van der Waals surface area contributed by atoms with Gasteiger partial charge in [0.15, 0.2) is 11.6 Å². The molecule has 0 saturated heterocycles. The molecule has 0 bridgehead atoms. The molecule has 0 aromatic carbocycles. The number of H-pyrrole nitrogens is 1. The molecule has 0 aliphatic rings. The van der Waals surface area contributed by atoms with E-state index in [0.717, 1.165) is 0 Å². The van der Waals surface area contributed by atoms with E-state index in [4.69, 9.17) is 10.00 Å². The predicted octanol–water partition coefficient (Wildman–Crippen LogP) is 3.75. The first-order valence-electron chi connectivity index (χ1n) is 9.51. The minimum atomic E-state index is -0.492. The monoisotopic (exact) mass is 406 g/mol. The number of aromatic nitrogens is 5. The van der Waals surface area contributed by atoms with Gasteiger partial charge in [-0.3, -0.25) is 4.79 Å². The van der Waals surface area contributed by atoms with Crippen molar-refractivity contribution in [1.29, 1.82) is 5.26 Å². The summed E-state index contributed by atoms with van der Waals surface area (Å²) in [5, 5.41) is 10.1. The first-order valence-corrected chi connectivity index (χ1v) is 9.51. The maximum atomic E-state index is 14.5. The van der Waals surface area contributed by atoms with Crippen molar-refractivity contribution in [2.45, 2.75) is 26.8 Å². The van der Waals surface area contributed by atoms with Crippen molar-refractivity contribution >= 4 is 28.0 Å². The molecule has 0 fully saturated rings. The number of halogens is 1. The van der Waals surface area contributed by atoms with Gasteiger partial charge in [0, 0.05) is 41.8 Å². The molecule has 0 aliphatic carbocycles. The molecule has 0 unspecified atom stereocenters. The van der Waals surface area contributed by atoms with Gasteiger partial charge in [0.25, 0.3) is 0 Å². The van der Waals surface area contributed by atoms with Crippen LogP contribution in [0.2, 0.25) is 0 Å². The molecule has 0 saturated carbocycles. The highest BCUT2D eigenvalue weighted by molar-refractivity contribution is 5.93. The number of pyridine rings is 1. The van der Waals surface area contributed by atoms with Crippen LogP contribution in [0.3, 0.4) is 0 Å². The largest absolute Gasteiger partial charge is 0.466 e. The van der Waals surface area contributed by atoms with E-state index in [9.17, 15) is 9.18 Å². The highest BCUT2D eigenvalue weighted by Gasteiger charge is 2.26. The third-order valence-electron chi connectivity index (χ3n) is 5.24. The Bertz CT molecular complexity index is 1300. The highest BCUT2D eigenvalue weighted by atomic mass is 19.1. The van der Waals surface area contributed by atoms with Crippen LogP contribution in [0.25, 0.3) is 33.5 Å². The number of fused-ring (bicyclic) bond motifs is 2. The fourth-order valence-corrected chi connectivity index (χ4v) is 3.39. The Morgan fingerprint density at radius 2 is 2.13 bits per heavy atom. The van der Waals surface area contributed by atoms with E-state index >= 15 is 0 Å². The first-order chi connectivity index (χ1) is 14.4. The molecule has 0 aliphatic heterocycles. The summed E-state index contributed by atoms with van der Waals surface area (Å²) in [6.45, 7) is 5.58. The molecular formula is C21H19FN6O2. The van der Waals surface area contributed by atoms with Crippen molar-refractivity contribution in [3.8, 4) is 17.5 Å². The van der Waals surface area contributed by atoms with Crippen molar-refractivity contribution in [1.82, 2.24) is 24.5 Å². The molecule has 30 heavy (non-hydrogen) atoms. The number of nitrogens with one attached hydrogen (secondary N) is 1. The summed E-state index contributed by atoms with van der Waals surface area (Å²) < 4.78 is 21.3. The zero-order valence-electron chi connectivity index (χ0n) is 16.7. The van der Waals surface area contributed by atoms with Crippen molar-refractivity contribution in [2.24, 2.45) is 5.92 Å². The van der Waals surface area contributed by atoms with Gasteiger partial charge in [0.1, 0.15) is 17.4 Å². The summed E-state index contributed by atoms with van der Waals surface area (Å²) in [7, 11) is 0. The maximum Gasteiger partial charge on any atom is 0.310 e. The molecule has 4 aromatic heterocycles. The van der Waals surface area contributed by atoms with Gasteiger partial charge in [-0.25, -0.2) is 19.3 Å². The first kappa shape index (κ1) is 19.5. The van der Waals surface area contributed by atoms with Crippen LogP contribution in [0.15, 0.2) is 30.9 Å². The highest BCUT2D eigenvalue weighted by Crippen LogP contribution is 2.30. The Labute approximate surface area is 171 Å².